The fraction of sp³-hybridized carbons (Fsp3) is 0.786. The van der Waals surface area contributed by atoms with E-state index in [2.05, 4.69) is 25.7 Å². The lowest BCUT2D eigenvalue weighted by atomic mass is 9.59. The summed E-state index contributed by atoms with van der Waals surface area (Å²) in [5.74, 6) is 1.48. The van der Waals surface area contributed by atoms with Gasteiger partial charge in [-0.15, -0.1) is 0 Å². The quantitative estimate of drug-likeness (QED) is 0.497. The third-order valence-electron chi connectivity index (χ3n) is 9.32. The summed E-state index contributed by atoms with van der Waals surface area (Å²) in [5.41, 5.74) is 3.77. The molecule has 4 fully saturated rings. The second-order valence-electron chi connectivity index (χ2n) is 12.1. The molecule has 0 saturated heterocycles. The maximum Gasteiger partial charge on any atom is 0.0811 e. The minimum Gasteiger partial charge on any atom is -0.393 e. The molecule has 3 N–H and O–H groups in total. The molecule has 0 bridgehead atoms. The first-order valence-corrected chi connectivity index (χ1v) is 12.7. The average molecular weight is 429 g/mol. The molecule has 4 aliphatic rings. The monoisotopic (exact) mass is 428 g/mol. The lowest BCUT2D eigenvalue weighted by molar-refractivity contribution is 0.0521. The Morgan fingerprint density at radius 2 is 1.87 bits per heavy atom. The van der Waals surface area contributed by atoms with Crippen molar-refractivity contribution >= 4 is 0 Å². The van der Waals surface area contributed by atoms with Crippen LogP contribution in [-0.2, 0) is 0 Å². The molecule has 3 heteroatoms. The SMILES string of the molecule is C=C1C(=CC=C2CCC[C@@]3(C)C2CCC3C2(CCCC(C)(C)O)CC2)CC(O)C[C@@H]1O. The van der Waals surface area contributed by atoms with Crippen LogP contribution in [0.15, 0.2) is 35.5 Å². The van der Waals surface area contributed by atoms with Crippen LogP contribution in [0.2, 0.25) is 0 Å². The van der Waals surface area contributed by atoms with Gasteiger partial charge in [-0.3, -0.25) is 0 Å². The highest BCUT2D eigenvalue weighted by Gasteiger charge is 2.60. The molecule has 4 saturated carbocycles. The topological polar surface area (TPSA) is 60.7 Å². The van der Waals surface area contributed by atoms with Crippen LogP contribution in [0.1, 0.15) is 97.8 Å². The van der Waals surface area contributed by atoms with Gasteiger partial charge in [0.1, 0.15) is 0 Å². The van der Waals surface area contributed by atoms with E-state index in [1.54, 1.807) is 5.57 Å². The molecular formula is C28H44O3. The summed E-state index contributed by atoms with van der Waals surface area (Å²) in [7, 11) is 0. The second kappa shape index (κ2) is 8.47. The molecule has 0 radical (unpaired) electrons. The highest BCUT2D eigenvalue weighted by Crippen LogP contribution is 2.70. The Morgan fingerprint density at radius 3 is 2.55 bits per heavy atom. The van der Waals surface area contributed by atoms with Crippen molar-refractivity contribution < 1.29 is 15.3 Å². The van der Waals surface area contributed by atoms with Crippen molar-refractivity contribution in [1.29, 1.82) is 0 Å². The molecule has 3 unspecified atom stereocenters. The van der Waals surface area contributed by atoms with Gasteiger partial charge in [0.25, 0.3) is 0 Å². The zero-order valence-corrected chi connectivity index (χ0v) is 20.0. The molecule has 5 atom stereocenters. The van der Waals surface area contributed by atoms with Crippen LogP contribution in [0, 0.1) is 22.7 Å². The highest BCUT2D eigenvalue weighted by atomic mass is 16.3. The third-order valence-corrected chi connectivity index (χ3v) is 9.32. The van der Waals surface area contributed by atoms with E-state index in [0.29, 0.717) is 29.6 Å². The zero-order chi connectivity index (χ0) is 22.4. The van der Waals surface area contributed by atoms with E-state index in [-0.39, 0.29) is 0 Å². The molecule has 0 spiro atoms. The molecule has 3 nitrogen and oxygen atoms in total. The Bertz CT molecular complexity index is 751. The van der Waals surface area contributed by atoms with Gasteiger partial charge in [0.05, 0.1) is 17.8 Å². The van der Waals surface area contributed by atoms with Gasteiger partial charge in [-0.25, -0.2) is 0 Å². The van der Waals surface area contributed by atoms with Crippen molar-refractivity contribution in [3.63, 3.8) is 0 Å². The first-order valence-electron chi connectivity index (χ1n) is 12.7. The molecule has 4 rings (SSSR count). The standard InChI is InChI=1S/C28H44O3/c1-19-21(17-22(29)18-24(19)30)9-8-20-7-5-13-27(4)23(20)10-11-25(27)28(15-16-28)14-6-12-26(2,3)31/h8-9,22-25,29-31H,1,5-7,10-18H2,2-4H3/t22?,23?,24-,25?,27-/m0/s1. The summed E-state index contributed by atoms with van der Waals surface area (Å²) < 4.78 is 0. The summed E-state index contributed by atoms with van der Waals surface area (Å²) in [4.78, 5) is 0. The van der Waals surface area contributed by atoms with E-state index in [4.69, 9.17) is 0 Å². The molecule has 0 aromatic rings. The van der Waals surface area contributed by atoms with Gasteiger partial charge < -0.3 is 15.3 Å². The number of aliphatic hydroxyl groups excluding tert-OH is 2. The second-order valence-corrected chi connectivity index (χ2v) is 12.1. The Labute approximate surface area is 189 Å². The summed E-state index contributed by atoms with van der Waals surface area (Å²) in [6.07, 6.45) is 16.9. The smallest absolute Gasteiger partial charge is 0.0811 e. The predicted molar refractivity (Wildman–Crippen MR) is 127 cm³/mol. The molecule has 0 aromatic carbocycles. The third kappa shape index (κ3) is 4.75. The Balaban J connectivity index is 1.49. The number of aliphatic hydroxyl groups is 3. The summed E-state index contributed by atoms with van der Waals surface area (Å²) in [6.45, 7) is 10.5. The fourth-order valence-corrected chi connectivity index (χ4v) is 7.52. The molecule has 0 amide bonds. The fourth-order valence-electron chi connectivity index (χ4n) is 7.52. The van der Waals surface area contributed by atoms with Crippen LogP contribution >= 0.6 is 0 Å². The van der Waals surface area contributed by atoms with E-state index in [1.165, 1.54) is 51.4 Å². The van der Waals surface area contributed by atoms with Crippen LogP contribution in [0.25, 0.3) is 0 Å². The number of rotatable bonds is 6. The van der Waals surface area contributed by atoms with Crippen molar-refractivity contribution in [1.82, 2.24) is 0 Å². The number of allylic oxidation sites excluding steroid dienone is 3. The van der Waals surface area contributed by atoms with Crippen molar-refractivity contribution in [2.75, 3.05) is 0 Å². The summed E-state index contributed by atoms with van der Waals surface area (Å²) >= 11 is 0. The molecule has 31 heavy (non-hydrogen) atoms. The van der Waals surface area contributed by atoms with Crippen molar-refractivity contribution in [2.24, 2.45) is 22.7 Å². The molecule has 0 heterocycles. The van der Waals surface area contributed by atoms with Crippen LogP contribution < -0.4 is 0 Å². The van der Waals surface area contributed by atoms with E-state index in [0.717, 1.165) is 29.9 Å². The van der Waals surface area contributed by atoms with Crippen LogP contribution in [-0.4, -0.2) is 33.1 Å². The van der Waals surface area contributed by atoms with E-state index < -0.39 is 17.8 Å². The van der Waals surface area contributed by atoms with Crippen LogP contribution in [0.4, 0.5) is 0 Å². The lowest BCUT2D eigenvalue weighted by Crippen LogP contribution is -2.37. The zero-order valence-electron chi connectivity index (χ0n) is 20.0. The normalized spacial score (nSPS) is 40.4. The van der Waals surface area contributed by atoms with E-state index in [9.17, 15) is 15.3 Å². The molecule has 0 aromatic heterocycles. The van der Waals surface area contributed by atoms with E-state index in [1.807, 2.05) is 13.8 Å². The highest BCUT2D eigenvalue weighted by molar-refractivity contribution is 5.38. The minimum atomic E-state index is -0.612. The van der Waals surface area contributed by atoms with Crippen molar-refractivity contribution in [2.45, 2.75) is 116 Å². The van der Waals surface area contributed by atoms with Gasteiger partial charge >= 0.3 is 0 Å². The van der Waals surface area contributed by atoms with Crippen molar-refractivity contribution in [3.05, 3.63) is 35.5 Å². The number of hydrogen-bond acceptors (Lipinski definition) is 3. The van der Waals surface area contributed by atoms with Gasteiger partial charge in [-0.1, -0.05) is 37.6 Å². The number of hydrogen-bond donors (Lipinski definition) is 3. The predicted octanol–water partition coefficient (Wildman–Crippen LogP) is 5.85. The van der Waals surface area contributed by atoms with Gasteiger partial charge in [-0.05, 0) is 112 Å². The minimum absolute atomic E-state index is 0.399. The first-order chi connectivity index (χ1) is 14.5. The summed E-state index contributed by atoms with van der Waals surface area (Å²) in [6, 6.07) is 0. The number of fused-ring (bicyclic) bond motifs is 1. The molecule has 4 aliphatic carbocycles. The van der Waals surface area contributed by atoms with Gasteiger partial charge in [0, 0.05) is 6.42 Å². The molecule has 174 valence electrons. The summed E-state index contributed by atoms with van der Waals surface area (Å²) in [5, 5.41) is 30.4. The Morgan fingerprint density at radius 1 is 1.13 bits per heavy atom. The maximum absolute atomic E-state index is 10.2. The maximum atomic E-state index is 10.2. The van der Waals surface area contributed by atoms with Crippen molar-refractivity contribution in [3.8, 4) is 0 Å². The van der Waals surface area contributed by atoms with Gasteiger partial charge in [0.15, 0.2) is 0 Å². The lowest BCUT2D eigenvalue weighted by Gasteiger charge is -2.45. The first kappa shape index (κ1) is 23.3. The largest absolute Gasteiger partial charge is 0.393 e. The average Bonchev–Trinajstić information content (AvgIpc) is 3.35. The van der Waals surface area contributed by atoms with Gasteiger partial charge in [0.2, 0.25) is 0 Å². The molecule has 0 aliphatic heterocycles. The van der Waals surface area contributed by atoms with Crippen LogP contribution in [0.3, 0.4) is 0 Å². The Hall–Kier alpha value is -0.900. The van der Waals surface area contributed by atoms with Gasteiger partial charge in [-0.2, -0.15) is 0 Å². The van der Waals surface area contributed by atoms with E-state index >= 15 is 0 Å². The molecular weight excluding hydrogens is 384 g/mol. The van der Waals surface area contributed by atoms with Crippen LogP contribution in [0.5, 0.6) is 0 Å². The Kier molecular flexibility index (Phi) is 6.35.